The summed E-state index contributed by atoms with van der Waals surface area (Å²) in [6, 6.07) is 9.09. The lowest BCUT2D eigenvalue weighted by atomic mass is 10.1. The molecule has 1 fully saturated rings. The van der Waals surface area contributed by atoms with Crippen LogP contribution in [0.3, 0.4) is 0 Å². The lowest BCUT2D eigenvalue weighted by Crippen LogP contribution is -2.19. The zero-order valence-electron chi connectivity index (χ0n) is 12.3. The van der Waals surface area contributed by atoms with Crippen molar-refractivity contribution < 1.29 is 4.42 Å². The molecule has 108 valence electrons. The molecule has 1 aliphatic rings. The van der Waals surface area contributed by atoms with Gasteiger partial charge in [-0.25, -0.2) is 0 Å². The fourth-order valence-corrected chi connectivity index (χ4v) is 3.59. The predicted octanol–water partition coefficient (Wildman–Crippen LogP) is 5.10. The van der Waals surface area contributed by atoms with E-state index in [1.807, 2.05) is 11.3 Å². The average Bonchev–Trinajstić information content (AvgIpc) is 2.93. The van der Waals surface area contributed by atoms with Crippen LogP contribution < -0.4 is 5.32 Å². The topological polar surface area (TPSA) is 25.2 Å². The molecule has 0 radical (unpaired) electrons. The molecule has 1 N–H and O–H groups in total. The molecule has 3 unspecified atom stereocenters. The molecule has 0 bridgehead atoms. The minimum atomic E-state index is 0.452. The Hall–Kier alpha value is -1.06. The Morgan fingerprint density at radius 1 is 1.40 bits per heavy atom. The lowest BCUT2D eigenvalue weighted by Gasteiger charge is -2.15. The van der Waals surface area contributed by atoms with Gasteiger partial charge in [-0.15, -0.1) is 11.3 Å². The van der Waals surface area contributed by atoms with Crippen LogP contribution in [0.5, 0.6) is 0 Å². The van der Waals surface area contributed by atoms with Crippen molar-refractivity contribution in [2.75, 3.05) is 0 Å². The Balaban J connectivity index is 1.58. The van der Waals surface area contributed by atoms with Crippen LogP contribution in [0.15, 0.2) is 34.1 Å². The van der Waals surface area contributed by atoms with Crippen LogP contribution in [-0.4, -0.2) is 0 Å². The number of rotatable bonds is 7. The monoisotopic (exact) mass is 289 g/mol. The normalized spacial score (nSPS) is 22.9. The molecule has 0 aliphatic heterocycles. The first-order valence-corrected chi connectivity index (χ1v) is 8.51. The van der Waals surface area contributed by atoms with E-state index in [0.29, 0.717) is 12.0 Å². The van der Waals surface area contributed by atoms with Gasteiger partial charge in [-0.05, 0) is 42.3 Å². The van der Waals surface area contributed by atoms with Crippen molar-refractivity contribution in [1.82, 2.24) is 5.32 Å². The SMILES string of the molecule is CCCC(NCc1ccc(C2CC2C)o1)c1cccs1. The molecule has 3 heteroatoms. The molecule has 3 atom stereocenters. The molecule has 2 aromatic rings. The summed E-state index contributed by atoms with van der Waals surface area (Å²) in [6.07, 6.45) is 3.65. The van der Waals surface area contributed by atoms with Gasteiger partial charge in [0, 0.05) is 16.8 Å². The number of nitrogens with one attached hydrogen (secondary N) is 1. The Morgan fingerprint density at radius 2 is 2.25 bits per heavy atom. The van der Waals surface area contributed by atoms with Gasteiger partial charge in [0.15, 0.2) is 0 Å². The molecule has 2 aromatic heterocycles. The van der Waals surface area contributed by atoms with Crippen molar-refractivity contribution >= 4 is 11.3 Å². The average molecular weight is 289 g/mol. The molecular weight excluding hydrogens is 266 g/mol. The van der Waals surface area contributed by atoms with Gasteiger partial charge in [0.2, 0.25) is 0 Å². The zero-order valence-corrected chi connectivity index (χ0v) is 13.1. The molecule has 2 nitrogen and oxygen atoms in total. The van der Waals surface area contributed by atoms with E-state index in [0.717, 1.165) is 18.2 Å². The maximum absolute atomic E-state index is 5.96. The first-order valence-electron chi connectivity index (χ1n) is 7.63. The van der Waals surface area contributed by atoms with Crippen LogP contribution in [0.4, 0.5) is 0 Å². The summed E-state index contributed by atoms with van der Waals surface area (Å²) in [4.78, 5) is 1.43. The molecule has 2 heterocycles. The Morgan fingerprint density at radius 3 is 2.90 bits per heavy atom. The van der Waals surface area contributed by atoms with Crippen LogP contribution in [0, 0.1) is 5.92 Å². The van der Waals surface area contributed by atoms with E-state index in [4.69, 9.17) is 4.42 Å². The Kier molecular flexibility index (Phi) is 4.27. The fourth-order valence-electron chi connectivity index (χ4n) is 2.75. The van der Waals surface area contributed by atoms with Crippen LogP contribution >= 0.6 is 11.3 Å². The number of hydrogen-bond acceptors (Lipinski definition) is 3. The summed E-state index contributed by atoms with van der Waals surface area (Å²) in [5.41, 5.74) is 0. The van der Waals surface area contributed by atoms with Crippen molar-refractivity contribution in [2.24, 2.45) is 5.92 Å². The molecule has 0 saturated heterocycles. The maximum atomic E-state index is 5.96. The van der Waals surface area contributed by atoms with Crippen LogP contribution in [0.1, 0.15) is 61.5 Å². The van der Waals surface area contributed by atoms with Gasteiger partial charge < -0.3 is 9.73 Å². The first-order chi connectivity index (χ1) is 9.78. The standard InChI is InChI=1S/C17H23NOS/c1-3-5-15(17-6-4-9-20-17)18-11-13-7-8-16(19-13)14-10-12(14)2/h4,6-9,12,14-15,18H,3,5,10-11H2,1-2H3. The highest BCUT2D eigenvalue weighted by Gasteiger charge is 2.36. The summed E-state index contributed by atoms with van der Waals surface area (Å²) in [6.45, 7) is 5.35. The maximum Gasteiger partial charge on any atom is 0.117 e. The van der Waals surface area contributed by atoms with Crippen molar-refractivity contribution in [1.29, 1.82) is 0 Å². The van der Waals surface area contributed by atoms with Crippen molar-refractivity contribution in [3.05, 3.63) is 46.0 Å². The van der Waals surface area contributed by atoms with Crippen molar-refractivity contribution in [2.45, 2.75) is 51.6 Å². The number of hydrogen-bond donors (Lipinski definition) is 1. The third kappa shape index (κ3) is 3.15. The van der Waals surface area contributed by atoms with Crippen molar-refractivity contribution in [3.8, 4) is 0 Å². The van der Waals surface area contributed by atoms with Crippen LogP contribution in [0.25, 0.3) is 0 Å². The molecule has 20 heavy (non-hydrogen) atoms. The van der Waals surface area contributed by atoms with Crippen LogP contribution in [-0.2, 0) is 6.54 Å². The molecule has 1 saturated carbocycles. The molecule has 0 amide bonds. The summed E-state index contributed by atoms with van der Waals surface area (Å²) >= 11 is 1.83. The highest BCUT2D eigenvalue weighted by Crippen LogP contribution is 2.47. The predicted molar refractivity (Wildman–Crippen MR) is 84.0 cm³/mol. The Bertz CT molecular complexity index is 531. The van der Waals surface area contributed by atoms with E-state index < -0.39 is 0 Å². The molecule has 1 aliphatic carbocycles. The third-order valence-corrected chi connectivity index (χ3v) is 5.13. The van der Waals surface area contributed by atoms with Crippen molar-refractivity contribution in [3.63, 3.8) is 0 Å². The van der Waals surface area contributed by atoms with Gasteiger partial charge in [0.1, 0.15) is 11.5 Å². The summed E-state index contributed by atoms with van der Waals surface area (Å²) < 4.78 is 5.96. The molecule has 0 spiro atoms. The summed E-state index contributed by atoms with van der Waals surface area (Å²) in [5, 5.41) is 5.79. The second-order valence-corrected chi connectivity index (χ2v) is 6.84. The molecule has 0 aromatic carbocycles. The minimum absolute atomic E-state index is 0.452. The molecule has 3 rings (SSSR count). The second kappa shape index (κ2) is 6.15. The first kappa shape index (κ1) is 13.9. The van der Waals surface area contributed by atoms with E-state index in [9.17, 15) is 0 Å². The van der Waals surface area contributed by atoms with Crippen LogP contribution in [0.2, 0.25) is 0 Å². The van der Waals surface area contributed by atoms with Gasteiger partial charge >= 0.3 is 0 Å². The summed E-state index contributed by atoms with van der Waals surface area (Å²) in [7, 11) is 0. The van der Waals surface area contributed by atoms with E-state index in [1.165, 1.54) is 29.9 Å². The third-order valence-electron chi connectivity index (χ3n) is 4.14. The fraction of sp³-hybridized carbons (Fsp3) is 0.529. The quantitative estimate of drug-likeness (QED) is 0.767. The number of furan rings is 1. The largest absolute Gasteiger partial charge is 0.464 e. The van der Waals surface area contributed by atoms with Gasteiger partial charge in [-0.1, -0.05) is 26.3 Å². The van der Waals surface area contributed by atoms with E-state index >= 15 is 0 Å². The van der Waals surface area contributed by atoms with E-state index in [2.05, 4.69) is 48.8 Å². The van der Waals surface area contributed by atoms with Gasteiger partial charge in [-0.2, -0.15) is 0 Å². The number of thiophene rings is 1. The smallest absolute Gasteiger partial charge is 0.117 e. The minimum Gasteiger partial charge on any atom is -0.464 e. The van der Waals surface area contributed by atoms with E-state index in [1.54, 1.807) is 0 Å². The Labute approximate surface area is 125 Å². The van der Waals surface area contributed by atoms with Gasteiger partial charge in [-0.3, -0.25) is 0 Å². The summed E-state index contributed by atoms with van der Waals surface area (Å²) in [5.74, 6) is 3.72. The van der Waals surface area contributed by atoms with E-state index in [-0.39, 0.29) is 0 Å². The van der Waals surface area contributed by atoms with Gasteiger partial charge in [0.05, 0.1) is 6.54 Å². The highest BCUT2D eigenvalue weighted by molar-refractivity contribution is 7.10. The zero-order chi connectivity index (χ0) is 13.9. The molecular formula is C17H23NOS. The highest BCUT2D eigenvalue weighted by atomic mass is 32.1. The lowest BCUT2D eigenvalue weighted by molar-refractivity contribution is 0.415. The van der Waals surface area contributed by atoms with Gasteiger partial charge in [0.25, 0.3) is 0 Å². The second-order valence-electron chi connectivity index (χ2n) is 5.86.